The van der Waals surface area contributed by atoms with Crippen LogP contribution in [0.1, 0.15) is 22.3 Å². The first kappa shape index (κ1) is 31.8. The standard InChI is InChI=1S/C54H33N3/c1-3-14-34(15-4-1)51-55-52(35-16-5-2-6-17-35)57-53(56-51)41-21-13-20-36(31-41)39-26-28-42-40(30-39)27-29-45-46-32-37-18-7-8-19-38(37)33-49(46)54(50(42)45)47-24-11-9-22-43(47)44-23-10-12-25-48(44)54/h1-33H. The molecule has 2 aliphatic carbocycles. The quantitative estimate of drug-likeness (QED) is 0.181. The van der Waals surface area contributed by atoms with E-state index in [0.29, 0.717) is 17.5 Å². The van der Waals surface area contributed by atoms with E-state index in [4.69, 9.17) is 15.0 Å². The summed E-state index contributed by atoms with van der Waals surface area (Å²) in [6.45, 7) is 0. The number of aromatic nitrogens is 3. The highest BCUT2D eigenvalue weighted by molar-refractivity contribution is 6.07. The Balaban J connectivity index is 1.04. The Morgan fingerprint density at radius 3 is 1.47 bits per heavy atom. The van der Waals surface area contributed by atoms with Crippen LogP contribution in [0, 0.1) is 0 Å². The summed E-state index contributed by atoms with van der Waals surface area (Å²) in [5.41, 5.74) is 15.4. The lowest BCUT2D eigenvalue weighted by Crippen LogP contribution is -2.26. The Hall–Kier alpha value is -7.49. The van der Waals surface area contributed by atoms with Gasteiger partial charge < -0.3 is 0 Å². The first-order valence-electron chi connectivity index (χ1n) is 19.5. The highest BCUT2D eigenvalue weighted by Crippen LogP contribution is 2.64. The summed E-state index contributed by atoms with van der Waals surface area (Å²) in [5, 5.41) is 5.02. The van der Waals surface area contributed by atoms with Crippen molar-refractivity contribution in [2.45, 2.75) is 5.41 Å². The number of hydrogen-bond acceptors (Lipinski definition) is 3. The van der Waals surface area contributed by atoms with Crippen molar-refractivity contribution >= 4 is 21.5 Å². The van der Waals surface area contributed by atoms with Crippen molar-refractivity contribution in [3.8, 4) is 67.5 Å². The van der Waals surface area contributed by atoms with Crippen LogP contribution in [0.2, 0.25) is 0 Å². The minimum atomic E-state index is -0.436. The molecule has 0 atom stereocenters. The maximum Gasteiger partial charge on any atom is 0.164 e. The second kappa shape index (κ2) is 12.3. The molecule has 1 spiro atoms. The van der Waals surface area contributed by atoms with Gasteiger partial charge in [-0.2, -0.15) is 0 Å². The summed E-state index contributed by atoms with van der Waals surface area (Å²) in [5.74, 6) is 1.96. The lowest BCUT2D eigenvalue weighted by molar-refractivity contribution is 0.802. The van der Waals surface area contributed by atoms with Gasteiger partial charge in [-0.05, 0) is 101 Å². The summed E-state index contributed by atoms with van der Waals surface area (Å²) < 4.78 is 0. The largest absolute Gasteiger partial charge is 0.208 e. The van der Waals surface area contributed by atoms with E-state index < -0.39 is 5.41 Å². The van der Waals surface area contributed by atoms with Crippen molar-refractivity contribution in [3.63, 3.8) is 0 Å². The molecule has 0 unspecified atom stereocenters. The fourth-order valence-electron chi connectivity index (χ4n) is 9.62. The van der Waals surface area contributed by atoms with E-state index in [1.165, 1.54) is 66.1 Å². The first-order chi connectivity index (χ1) is 28.2. The molecule has 1 heterocycles. The van der Waals surface area contributed by atoms with Gasteiger partial charge in [0.05, 0.1) is 5.41 Å². The first-order valence-corrected chi connectivity index (χ1v) is 19.5. The number of hydrogen-bond donors (Lipinski definition) is 0. The molecular formula is C54H33N3. The minimum Gasteiger partial charge on any atom is -0.208 e. The van der Waals surface area contributed by atoms with E-state index in [1.807, 2.05) is 60.7 Å². The molecule has 12 rings (SSSR count). The summed E-state index contributed by atoms with van der Waals surface area (Å²) in [4.78, 5) is 14.9. The van der Waals surface area contributed by atoms with Crippen LogP contribution < -0.4 is 0 Å². The van der Waals surface area contributed by atoms with E-state index >= 15 is 0 Å². The predicted molar refractivity (Wildman–Crippen MR) is 233 cm³/mol. The second-order valence-electron chi connectivity index (χ2n) is 15.1. The highest BCUT2D eigenvalue weighted by Gasteiger charge is 2.52. The van der Waals surface area contributed by atoms with Crippen molar-refractivity contribution in [1.29, 1.82) is 0 Å². The molecule has 0 saturated heterocycles. The van der Waals surface area contributed by atoms with Gasteiger partial charge in [0.15, 0.2) is 17.5 Å². The zero-order valence-electron chi connectivity index (χ0n) is 30.9. The zero-order valence-corrected chi connectivity index (χ0v) is 30.9. The van der Waals surface area contributed by atoms with Crippen molar-refractivity contribution in [1.82, 2.24) is 15.0 Å². The number of benzene rings is 9. The molecule has 57 heavy (non-hydrogen) atoms. The molecule has 2 aliphatic rings. The summed E-state index contributed by atoms with van der Waals surface area (Å²) in [6, 6.07) is 72.3. The Labute approximate surface area is 330 Å². The van der Waals surface area contributed by atoms with Crippen LogP contribution in [0.5, 0.6) is 0 Å². The van der Waals surface area contributed by atoms with Gasteiger partial charge in [0, 0.05) is 16.7 Å². The monoisotopic (exact) mass is 723 g/mol. The van der Waals surface area contributed by atoms with E-state index in [1.54, 1.807) is 0 Å². The molecule has 10 aromatic rings. The maximum absolute atomic E-state index is 5.02. The lowest BCUT2D eigenvalue weighted by atomic mass is 9.69. The number of nitrogens with zero attached hydrogens (tertiary/aromatic N) is 3. The molecule has 0 fully saturated rings. The Morgan fingerprint density at radius 2 is 0.807 bits per heavy atom. The van der Waals surface area contributed by atoms with Crippen LogP contribution in [0.4, 0.5) is 0 Å². The number of rotatable bonds is 4. The van der Waals surface area contributed by atoms with Gasteiger partial charge in [-0.1, -0.05) is 176 Å². The smallest absolute Gasteiger partial charge is 0.164 e. The van der Waals surface area contributed by atoms with Gasteiger partial charge >= 0.3 is 0 Å². The van der Waals surface area contributed by atoms with Gasteiger partial charge in [0.2, 0.25) is 0 Å². The average molecular weight is 724 g/mol. The van der Waals surface area contributed by atoms with Gasteiger partial charge in [0.25, 0.3) is 0 Å². The van der Waals surface area contributed by atoms with E-state index in [9.17, 15) is 0 Å². The average Bonchev–Trinajstić information content (AvgIpc) is 3.75. The maximum atomic E-state index is 5.02. The summed E-state index contributed by atoms with van der Waals surface area (Å²) in [6.07, 6.45) is 0. The topological polar surface area (TPSA) is 38.7 Å². The van der Waals surface area contributed by atoms with Gasteiger partial charge in [-0.3, -0.25) is 0 Å². The van der Waals surface area contributed by atoms with E-state index in [2.05, 4.69) is 140 Å². The zero-order chi connectivity index (χ0) is 37.5. The molecule has 9 aromatic carbocycles. The predicted octanol–water partition coefficient (Wildman–Crippen LogP) is 13.2. The molecule has 0 amide bonds. The molecule has 0 saturated carbocycles. The van der Waals surface area contributed by atoms with E-state index in [0.717, 1.165) is 27.8 Å². The molecular weight excluding hydrogens is 691 g/mol. The Bertz CT molecular complexity index is 3140. The molecule has 3 heteroatoms. The van der Waals surface area contributed by atoms with Crippen molar-refractivity contribution in [3.05, 3.63) is 222 Å². The van der Waals surface area contributed by atoms with Crippen molar-refractivity contribution < 1.29 is 0 Å². The molecule has 0 N–H and O–H groups in total. The third-order valence-electron chi connectivity index (χ3n) is 12.1. The fraction of sp³-hybridized carbons (Fsp3) is 0.0185. The molecule has 1 aromatic heterocycles. The number of fused-ring (bicyclic) bond motifs is 13. The molecule has 264 valence electrons. The third-order valence-corrected chi connectivity index (χ3v) is 12.1. The lowest BCUT2D eigenvalue weighted by Gasteiger charge is -2.31. The van der Waals surface area contributed by atoms with Crippen LogP contribution in [-0.4, -0.2) is 15.0 Å². The van der Waals surface area contributed by atoms with Crippen LogP contribution in [0.15, 0.2) is 200 Å². The summed E-state index contributed by atoms with van der Waals surface area (Å²) >= 11 is 0. The van der Waals surface area contributed by atoms with Gasteiger partial charge in [-0.25, -0.2) is 15.0 Å². The van der Waals surface area contributed by atoms with Crippen LogP contribution in [0.3, 0.4) is 0 Å². The van der Waals surface area contributed by atoms with Crippen LogP contribution >= 0.6 is 0 Å². The van der Waals surface area contributed by atoms with Crippen LogP contribution in [0.25, 0.3) is 89.1 Å². The van der Waals surface area contributed by atoms with Crippen molar-refractivity contribution in [2.24, 2.45) is 0 Å². The Morgan fingerprint density at radius 1 is 0.281 bits per heavy atom. The molecule has 0 bridgehead atoms. The van der Waals surface area contributed by atoms with Crippen molar-refractivity contribution in [2.75, 3.05) is 0 Å². The Kier molecular flexibility index (Phi) is 6.84. The molecule has 0 aliphatic heterocycles. The highest BCUT2D eigenvalue weighted by atomic mass is 15.0. The van der Waals surface area contributed by atoms with Gasteiger partial charge in [-0.15, -0.1) is 0 Å². The SMILES string of the molecule is c1ccc(-c2nc(-c3ccccc3)nc(-c3cccc(-c4ccc5c6c(ccc5c4)-c4cc5ccccc5cc4C64c5ccccc5-c5ccccc54)c3)n2)cc1. The van der Waals surface area contributed by atoms with Crippen LogP contribution in [-0.2, 0) is 5.41 Å². The normalized spacial score (nSPS) is 13.1. The van der Waals surface area contributed by atoms with Gasteiger partial charge in [0.1, 0.15) is 0 Å². The summed E-state index contributed by atoms with van der Waals surface area (Å²) in [7, 11) is 0. The molecule has 3 nitrogen and oxygen atoms in total. The second-order valence-corrected chi connectivity index (χ2v) is 15.1. The van der Waals surface area contributed by atoms with E-state index in [-0.39, 0.29) is 0 Å². The fourth-order valence-corrected chi connectivity index (χ4v) is 9.62. The minimum absolute atomic E-state index is 0.436. The third kappa shape index (κ3) is 4.69. The molecule has 0 radical (unpaired) electrons.